The summed E-state index contributed by atoms with van der Waals surface area (Å²) in [6, 6.07) is 6.39. The molecule has 0 bridgehead atoms. The molecule has 2 heterocycles. The van der Waals surface area contributed by atoms with Gasteiger partial charge >= 0.3 is 0 Å². The topological polar surface area (TPSA) is 37.4 Å². The van der Waals surface area contributed by atoms with E-state index in [2.05, 4.69) is 47.4 Å². The Labute approximate surface area is 117 Å². The van der Waals surface area contributed by atoms with E-state index >= 15 is 0 Å². The van der Waals surface area contributed by atoms with Crippen LogP contribution in [0.1, 0.15) is 5.56 Å². The smallest absolute Gasteiger partial charge is 0.183 e. The van der Waals surface area contributed by atoms with Crippen molar-refractivity contribution >= 4 is 26.7 Å². The van der Waals surface area contributed by atoms with Crippen LogP contribution in [0, 0.1) is 6.92 Å². The van der Waals surface area contributed by atoms with Gasteiger partial charge in [0, 0.05) is 19.6 Å². The molecule has 1 fully saturated rings. The summed E-state index contributed by atoms with van der Waals surface area (Å²) in [6.07, 6.45) is 0.257. The van der Waals surface area contributed by atoms with E-state index in [-0.39, 0.29) is 6.10 Å². The van der Waals surface area contributed by atoms with Gasteiger partial charge in [-0.05, 0) is 31.7 Å². The summed E-state index contributed by atoms with van der Waals surface area (Å²) in [6.45, 7) is 5.75. The van der Waals surface area contributed by atoms with Gasteiger partial charge in [0.1, 0.15) is 0 Å². The predicted octanol–water partition coefficient (Wildman–Crippen LogP) is 2.35. The fourth-order valence-electron chi connectivity index (χ4n) is 2.30. The molecule has 19 heavy (non-hydrogen) atoms. The molecular weight excluding hydrogens is 258 g/mol. The maximum absolute atomic E-state index is 5.74. The van der Waals surface area contributed by atoms with Crippen LogP contribution in [0.3, 0.4) is 0 Å². The van der Waals surface area contributed by atoms with Crippen LogP contribution in [-0.2, 0) is 4.74 Å². The molecule has 1 N–H and O–H groups in total. The summed E-state index contributed by atoms with van der Waals surface area (Å²) in [5, 5.41) is 4.38. The number of morpholine rings is 1. The van der Waals surface area contributed by atoms with Crippen molar-refractivity contribution in [2.45, 2.75) is 13.0 Å². The van der Waals surface area contributed by atoms with Crippen LogP contribution < -0.4 is 5.32 Å². The number of thiazole rings is 1. The normalized spacial score (nSPS) is 20.8. The highest BCUT2D eigenvalue weighted by molar-refractivity contribution is 7.22. The largest absolute Gasteiger partial charge is 0.374 e. The molecule has 5 heteroatoms. The number of anilines is 1. The van der Waals surface area contributed by atoms with Crippen molar-refractivity contribution in [2.24, 2.45) is 0 Å². The third kappa shape index (κ3) is 3.05. The Hall–Kier alpha value is -1.17. The van der Waals surface area contributed by atoms with Gasteiger partial charge < -0.3 is 15.0 Å². The van der Waals surface area contributed by atoms with Crippen LogP contribution in [0.15, 0.2) is 18.2 Å². The lowest BCUT2D eigenvalue weighted by atomic mass is 10.2. The Morgan fingerprint density at radius 2 is 2.42 bits per heavy atom. The number of hydrogen-bond acceptors (Lipinski definition) is 5. The summed E-state index contributed by atoms with van der Waals surface area (Å²) in [7, 11) is 2.13. The van der Waals surface area contributed by atoms with Gasteiger partial charge in [0.2, 0.25) is 0 Å². The van der Waals surface area contributed by atoms with Gasteiger partial charge in [-0.25, -0.2) is 4.98 Å². The van der Waals surface area contributed by atoms with Crippen molar-refractivity contribution in [3.05, 3.63) is 23.8 Å². The molecule has 1 unspecified atom stereocenters. The van der Waals surface area contributed by atoms with Crippen LogP contribution in [0.4, 0.5) is 5.13 Å². The number of nitrogens with one attached hydrogen (secondary N) is 1. The molecule has 102 valence electrons. The minimum Gasteiger partial charge on any atom is -0.374 e. The summed E-state index contributed by atoms with van der Waals surface area (Å²) < 4.78 is 6.97. The van der Waals surface area contributed by atoms with Crippen LogP contribution >= 0.6 is 11.3 Å². The number of ether oxygens (including phenoxy) is 1. The Morgan fingerprint density at radius 3 is 3.26 bits per heavy atom. The second-order valence-corrected chi connectivity index (χ2v) is 6.16. The first-order valence-corrected chi connectivity index (χ1v) is 7.43. The molecule has 0 spiro atoms. The van der Waals surface area contributed by atoms with Gasteiger partial charge in [0.25, 0.3) is 0 Å². The van der Waals surface area contributed by atoms with Gasteiger partial charge in [0.05, 0.1) is 22.9 Å². The molecule has 0 amide bonds. The molecule has 1 atom stereocenters. The van der Waals surface area contributed by atoms with E-state index < -0.39 is 0 Å². The van der Waals surface area contributed by atoms with Crippen LogP contribution in [0.25, 0.3) is 10.2 Å². The average Bonchev–Trinajstić information content (AvgIpc) is 2.78. The zero-order valence-corrected chi connectivity index (χ0v) is 12.2. The second kappa shape index (κ2) is 5.45. The maximum atomic E-state index is 5.74. The quantitative estimate of drug-likeness (QED) is 0.934. The molecule has 2 aromatic rings. The standard InChI is InChI=1S/C14H19N3OS/c1-10-3-4-13-12(7-10)16-14(19-13)15-8-11-9-17(2)5-6-18-11/h3-4,7,11H,5-6,8-9H2,1-2H3,(H,15,16). The van der Waals surface area contributed by atoms with E-state index in [1.165, 1.54) is 10.3 Å². The monoisotopic (exact) mass is 277 g/mol. The fourth-order valence-corrected chi connectivity index (χ4v) is 3.16. The van der Waals surface area contributed by atoms with Crippen LogP contribution in [0.5, 0.6) is 0 Å². The van der Waals surface area contributed by atoms with E-state index in [4.69, 9.17) is 4.74 Å². The van der Waals surface area contributed by atoms with Gasteiger partial charge in [0.15, 0.2) is 5.13 Å². The number of aryl methyl sites for hydroxylation is 1. The summed E-state index contributed by atoms with van der Waals surface area (Å²) >= 11 is 1.70. The SMILES string of the molecule is Cc1ccc2sc(NCC3CN(C)CCO3)nc2c1. The minimum absolute atomic E-state index is 0.257. The van der Waals surface area contributed by atoms with Crippen LogP contribution in [-0.4, -0.2) is 49.3 Å². The first-order chi connectivity index (χ1) is 9.20. The van der Waals surface area contributed by atoms with Crippen molar-refractivity contribution in [3.8, 4) is 0 Å². The molecule has 1 aromatic heterocycles. The average molecular weight is 277 g/mol. The van der Waals surface area contributed by atoms with Crippen molar-refractivity contribution in [1.82, 2.24) is 9.88 Å². The summed E-state index contributed by atoms with van der Waals surface area (Å²) in [5.74, 6) is 0. The Balaban J connectivity index is 1.65. The minimum atomic E-state index is 0.257. The zero-order valence-electron chi connectivity index (χ0n) is 11.3. The molecule has 4 nitrogen and oxygen atoms in total. The van der Waals surface area contributed by atoms with Crippen molar-refractivity contribution < 1.29 is 4.74 Å². The molecule has 0 radical (unpaired) electrons. The van der Waals surface area contributed by atoms with E-state index in [1.54, 1.807) is 11.3 Å². The number of hydrogen-bond donors (Lipinski definition) is 1. The number of aromatic nitrogens is 1. The molecule has 1 aromatic carbocycles. The zero-order chi connectivity index (χ0) is 13.2. The van der Waals surface area contributed by atoms with Gasteiger partial charge in [-0.15, -0.1) is 0 Å². The Kier molecular flexibility index (Phi) is 3.68. The number of rotatable bonds is 3. The number of benzene rings is 1. The third-order valence-corrected chi connectivity index (χ3v) is 4.36. The third-order valence-electron chi connectivity index (χ3n) is 3.37. The molecule has 1 saturated heterocycles. The number of fused-ring (bicyclic) bond motifs is 1. The van der Waals surface area contributed by atoms with Gasteiger partial charge in [-0.2, -0.15) is 0 Å². The molecular formula is C14H19N3OS. The molecule has 1 aliphatic heterocycles. The molecule has 0 aliphatic carbocycles. The second-order valence-electron chi connectivity index (χ2n) is 5.13. The molecule has 0 saturated carbocycles. The highest BCUT2D eigenvalue weighted by atomic mass is 32.1. The Bertz CT molecular complexity index is 569. The number of nitrogens with zero attached hydrogens (tertiary/aromatic N) is 2. The highest BCUT2D eigenvalue weighted by Gasteiger charge is 2.17. The fraction of sp³-hybridized carbons (Fsp3) is 0.500. The predicted molar refractivity (Wildman–Crippen MR) is 80.1 cm³/mol. The van der Waals surface area contributed by atoms with Crippen LogP contribution in [0.2, 0.25) is 0 Å². The summed E-state index contributed by atoms with van der Waals surface area (Å²) in [5.41, 5.74) is 2.33. The first-order valence-electron chi connectivity index (χ1n) is 6.62. The van der Waals surface area contributed by atoms with E-state index in [1.807, 2.05) is 0 Å². The molecule has 3 rings (SSSR count). The van der Waals surface area contributed by atoms with Crippen molar-refractivity contribution in [2.75, 3.05) is 38.6 Å². The lowest BCUT2D eigenvalue weighted by molar-refractivity contribution is -0.0117. The molecule has 1 aliphatic rings. The van der Waals surface area contributed by atoms with Crippen molar-refractivity contribution in [1.29, 1.82) is 0 Å². The summed E-state index contributed by atoms with van der Waals surface area (Å²) in [4.78, 5) is 6.92. The van der Waals surface area contributed by atoms with E-state index in [0.29, 0.717) is 0 Å². The highest BCUT2D eigenvalue weighted by Crippen LogP contribution is 2.26. The van der Waals surface area contributed by atoms with Crippen molar-refractivity contribution in [3.63, 3.8) is 0 Å². The van der Waals surface area contributed by atoms with E-state index in [0.717, 1.165) is 36.9 Å². The number of likely N-dealkylation sites (N-methyl/N-ethyl adjacent to an activating group) is 1. The Morgan fingerprint density at radius 1 is 1.53 bits per heavy atom. The van der Waals surface area contributed by atoms with Gasteiger partial charge in [-0.1, -0.05) is 17.4 Å². The van der Waals surface area contributed by atoms with Gasteiger partial charge in [-0.3, -0.25) is 0 Å². The maximum Gasteiger partial charge on any atom is 0.183 e. The lowest BCUT2D eigenvalue weighted by Crippen LogP contribution is -2.43. The lowest BCUT2D eigenvalue weighted by Gasteiger charge is -2.29. The van der Waals surface area contributed by atoms with E-state index in [9.17, 15) is 0 Å². The first kappa shape index (κ1) is 12.8.